The monoisotopic (exact) mass is 228 g/mol. The fraction of sp³-hybridized carbons (Fsp3) is 0.214. The zero-order valence-corrected chi connectivity index (χ0v) is 10.1. The Bertz CT molecular complexity index is 480. The maximum atomic E-state index is 5.13. The van der Waals surface area contributed by atoms with Crippen LogP contribution >= 0.6 is 0 Å². The summed E-state index contributed by atoms with van der Waals surface area (Å²) in [7, 11) is 1.67. The number of anilines is 1. The van der Waals surface area contributed by atoms with Gasteiger partial charge in [-0.05, 0) is 43.3 Å². The lowest BCUT2D eigenvalue weighted by Crippen LogP contribution is -1.96. The molecule has 0 aliphatic heterocycles. The highest BCUT2D eigenvalue weighted by Crippen LogP contribution is 2.22. The molecular formula is C14H16N2O. The maximum Gasteiger partial charge on any atom is 0.118 e. The van der Waals surface area contributed by atoms with E-state index in [9.17, 15) is 0 Å². The number of rotatable bonds is 4. The van der Waals surface area contributed by atoms with E-state index >= 15 is 0 Å². The molecule has 0 aliphatic rings. The number of aromatic nitrogens is 1. The Morgan fingerprint density at radius 2 is 1.94 bits per heavy atom. The van der Waals surface area contributed by atoms with E-state index in [1.165, 1.54) is 0 Å². The van der Waals surface area contributed by atoms with E-state index in [1.807, 2.05) is 42.6 Å². The van der Waals surface area contributed by atoms with Gasteiger partial charge in [-0.15, -0.1) is 0 Å². The first-order valence-electron chi connectivity index (χ1n) is 5.68. The van der Waals surface area contributed by atoms with Gasteiger partial charge >= 0.3 is 0 Å². The molecule has 1 N–H and O–H groups in total. The van der Waals surface area contributed by atoms with Crippen molar-refractivity contribution in [2.45, 2.75) is 6.92 Å². The van der Waals surface area contributed by atoms with Crippen molar-refractivity contribution in [3.63, 3.8) is 0 Å². The van der Waals surface area contributed by atoms with Crippen LogP contribution in [0.5, 0.6) is 5.75 Å². The van der Waals surface area contributed by atoms with E-state index in [4.69, 9.17) is 4.74 Å². The molecule has 0 atom stereocenters. The summed E-state index contributed by atoms with van der Waals surface area (Å²) in [5, 5.41) is 3.28. The minimum Gasteiger partial charge on any atom is -0.497 e. The smallest absolute Gasteiger partial charge is 0.118 e. The van der Waals surface area contributed by atoms with Crippen LogP contribution in [0.25, 0.3) is 11.3 Å². The molecule has 2 aromatic rings. The molecule has 1 aromatic heterocycles. The van der Waals surface area contributed by atoms with E-state index in [1.54, 1.807) is 7.11 Å². The van der Waals surface area contributed by atoms with Gasteiger partial charge in [-0.2, -0.15) is 0 Å². The molecule has 0 amide bonds. The van der Waals surface area contributed by atoms with Crippen LogP contribution < -0.4 is 10.1 Å². The van der Waals surface area contributed by atoms with Gasteiger partial charge in [-0.3, -0.25) is 4.98 Å². The molecular weight excluding hydrogens is 212 g/mol. The highest BCUT2D eigenvalue weighted by molar-refractivity contribution is 5.64. The second-order valence-corrected chi connectivity index (χ2v) is 3.69. The van der Waals surface area contributed by atoms with Gasteiger partial charge in [-0.25, -0.2) is 0 Å². The lowest BCUT2D eigenvalue weighted by molar-refractivity contribution is 0.415. The number of ether oxygens (including phenoxy) is 1. The summed E-state index contributed by atoms with van der Waals surface area (Å²) in [5.41, 5.74) is 3.14. The summed E-state index contributed by atoms with van der Waals surface area (Å²) in [6, 6.07) is 11.9. The molecule has 0 unspecified atom stereocenters. The van der Waals surface area contributed by atoms with Gasteiger partial charge in [-0.1, -0.05) is 0 Å². The van der Waals surface area contributed by atoms with Crippen LogP contribution in [-0.4, -0.2) is 18.6 Å². The van der Waals surface area contributed by atoms with Crippen LogP contribution in [0.3, 0.4) is 0 Å². The molecule has 0 fully saturated rings. The summed E-state index contributed by atoms with van der Waals surface area (Å²) < 4.78 is 5.13. The zero-order valence-electron chi connectivity index (χ0n) is 10.1. The highest BCUT2D eigenvalue weighted by Gasteiger charge is 2.00. The van der Waals surface area contributed by atoms with E-state index in [-0.39, 0.29) is 0 Å². The van der Waals surface area contributed by atoms with Gasteiger partial charge in [0.1, 0.15) is 5.75 Å². The Labute approximate surface area is 101 Å². The van der Waals surface area contributed by atoms with Crippen molar-refractivity contribution >= 4 is 5.69 Å². The standard InChI is InChI=1S/C14H16N2O/c1-3-15-12-8-9-16-14(10-12)11-4-6-13(17-2)7-5-11/h4-10H,3H2,1-2H3,(H,15,16). The Kier molecular flexibility index (Phi) is 3.60. The van der Waals surface area contributed by atoms with Crippen LogP contribution in [0.1, 0.15) is 6.92 Å². The molecule has 1 heterocycles. The summed E-state index contributed by atoms with van der Waals surface area (Å²) in [4.78, 5) is 4.37. The first-order valence-corrected chi connectivity index (χ1v) is 5.68. The topological polar surface area (TPSA) is 34.2 Å². The quantitative estimate of drug-likeness (QED) is 0.872. The SMILES string of the molecule is CCNc1ccnc(-c2ccc(OC)cc2)c1. The largest absolute Gasteiger partial charge is 0.497 e. The fourth-order valence-corrected chi connectivity index (χ4v) is 1.66. The summed E-state index contributed by atoms with van der Waals surface area (Å²) in [5.74, 6) is 0.858. The lowest BCUT2D eigenvalue weighted by Gasteiger charge is -2.06. The van der Waals surface area contributed by atoms with Crippen LogP contribution in [0, 0.1) is 0 Å². The van der Waals surface area contributed by atoms with Crippen molar-refractivity contribution in [2.75, 3.05) is 19.0 Å². The minimum atomic E-state index is 0.858. The van der Waals surface area contributed by atoms with Crippen LogP contribution in [0.15, 0.2) is 42.6 Å². The molecule has 0 aliphatic carbocycles. The van der Waals surface area contributed by atoms with Crippen LogP contribution in [-0.2, 0) is 0 Å². The molecule has 2 rings (SSSR count). The predicted molar refractivity (Wildman–Crippen MR) is 70.4 cm³/mol. The first kappa shape index (κ1) is 11.5. The number of nitrogens with one attached hydrogen (secondary N) is 1. The molecule has 3 nitrogen and oxygen atoms in total. The van der Waals surface area contributed by atoms with Crippen molar-refractivity contribution in [3.8, 4) is 17.0 Å². The summed E-state index contributed by atoms with van der Waals surface area (Å²) in [6.07, 6.45) is 1.82. The number of nitrogens with zero attached hydrogens (tertiary/aromatic N) is 1. The van der Waals surface area contributed by atoms with Gasteiger partial charge < -0.3 is 10.1 Å². The lowest BCUT2D eigenvalue weighted by atomic mass is 10.1. The average molecular weight is 228 g/mol. The predicted octanol–water partition coefficient (Wildman–Crippen LogP) is 3.19. The highest BCUT2D eigenvalue weighted by atomic mass is 16.5. The van der Waals surface area contributed by atoms with E-state index in [0.29, 0.717) is 0 Å². The molecule has 0 saturated carbocycles. The van der Waals surface area contributed by atoms with Crippen LogP contribution in [0.2, 0.25) is 0 Å². The summed E-state index contributed by atoms with van der Waals surface area (Å²) in [6.45, 7) is 2.99. The van der Waals surface area contributed by atoms with E-state index in [2.05, 4.69) is 17.2 Å². The van der Waals surface area contributed by atoms with Crippen molar-refractivity contribution in [2.24, 2.45) is 0 Å². The van der Waals surface area contributed by atoms with Crippen molar-refractivity contribution in [1.29, 1.82) is 0 Å². The molecule has 3 heteroatoms. The number of hydrogen-bond acceptors (Lipinski definition) is 3. The molecule has 0 radical (unpaired) electrons. The van der Waals surface area contributed by atoms with Crippen molar-refractivity contribution in [1.82, 2.24) is 4.98 Å². The molecule has 1 aromatic carbocycles. The van der Waals surface area contributed by atoms with Gasteiger partial charge in [0.15, 0.2) is 0 Å². The fourth-order valence-electron chi connectivity index (χ4n) is 1.66. The minimum absolute atomic E-state index is 0.858. The van der Waals surface area contributed by atoms with Crippen molar-refractivity contribution < 1.29 is 4.74 Å². The van der Waals surface area contributed by atoms with Crippen LogP contribution in [0.4, 0.5) is 5.69 Å². The Balaban J connectivity index is 2.28. The molecule has 0 bridgehead atoms. The Morgan fingerprint density at radius 3 is 2.59 bits per heavy atom. The molecule has 17 heavy (non-hydrogen) atoms. The normalized spacial score (nSPS) is 10.0. The second-order valence-electron chi connectivity index (χ2n) is 3.69. The third-order valence-corrected chi connectivity index (χ3v) is 2.53. The Hall–Kier alpha value is -2.03. The average Bonchev–Trinajstić information content (AvgIpc) is 2.40. The van der Waals surface area contributed by atoms with Gasteiger partial charge in [0.2, 0.25) is 0 Å². The molecule has 0 spiro atoms. The molecule has 0 saturated heterocycles. The molecule has 88 valence electrons. The second kappa shape index (κ2) is 5.34. The third kappa shape index (κ3) is 2.75. The van der Waals surface area contributed by atoms with Gasteiger partial charge in [0, 0.05) is 24.0 Å². The van der Waals surface area contributed by atoms with Crippen molar-refractivity contribution in [3.05, 3.63) is 42.6 Å². The zero-order chi connectivity index (χ0) is 12.1. The Morgan fingerprint density at radius 1 is 1.18 bits per heavy atom. The number of methoxy groups -OCH3 is 1. The first-order chi connectivity index (χ1) is 8.33. The van der Waals surface area contributed by atoms with Gasteiger partial charge in [0.05, 0.1) is 12.8 Å². The van der Waals surface area contributed by atoms with E-state index < -0.39 is 0 Å². The number of benzene rings is 1. The van der Waals surface area contributed by atoms with E-state index in [0.717, 1.165) is 29.2 Å². The maximum absolute atomic E-state index is 5.13. The third-order valence-electron chi connectivity index (χ3n) is 2.53. The summed E-state index contributed by atoms with van der Waals surface area (Å²) >= 11 is 0. The number of hydrogen-bond donors (Lipinski definition) is 1. The number of pyridine rings is 1. The van der Waals surface area contributed by atoms with Gasteiger partial charge in [0.25, 0.3) is 0 Å².